The number of ether oxygens (including phenoxy) is 1. The van der Waals surface area contributed by atoms with E-state index in [1.807, 2.05) is 0 Å². The lowest BCUT2D eigenvalue weighted by Gasteiger charge is -2.09. The lowest BCUT2D eigenvalue weighted by molar-refractivity contribution is -0.154. The van der Waals surface area contributed by atoms with Crippen LogP contribution in [0.25, 0.3) is 0 Å². The number of aliphatic carboxylic acids is 2. The van der Waals surface area contributed by atoms with Gasteiger partial charge in [-0.25, -0.2) is 0 Å². The first kappa shape index (κ1) is 13.3. The Bertz CT molecular complexity index is 429. The maximum atomic E-state index is 10.7. The van der Waals surface area contributed by atoms with Crippen LogP contribution in [0.4, 0.5) is 0 Å². The monoisotopic (exact) mass is 258 g/mol. The van der Waals surface area contributed by atoms with Gasteiger partial charge in [0.25, 0.3) is 0 Å². The SMILES string of the molecule is COc1ccc(CC(C(=O)O)C(=O)O)cc1Cl. The Labute approximate surface area is 103 Å². The van der Waals surface area contributed by atoms with Crippen molar-refractivity contribution < 1.29 is 24.5 Å². The standard InChI is InChI=1S/C11H11ClO5/c1-17-9-3-2-6(5-8(9)12)4-7(10(13)14)11(15)16/h2-3,5,7H,4H2,1H3,(H,13,14)(H,15,16). The molecule has 0 aliphatic heterocycles. The Morgan fingerprint density at radius 3 is 2.35 bits per heavy atom. The average Bonchev–Trinajstić information content (AvgIpc) is 2.25. The summed E-state index contributed by atoms with van der Waals surface area (Å²) in [5.74, 6) is -3.76. The predicted molar refractivity (Wildman–Crippen MR) is 60.5 cm³/mol. The van der Waals surface area contributed by atoms with Crippen molar-refractivity contribution in [3.05, 3.63) is 28.8 Å². The van der Waals surface area contributed by atoms with E-state index in [-0.39, 0.29) is 6.42 Å². The molecular formula is C11H11ClO5. The molecule has 0 amide bonds. The zero-order valence-electron chi connectivity index (χ0n) is 9.01. The number of benzene rings is 1. The molecule has 0 aliphatic carbocycles. The van der Waals surface area contributed by atoms with Gasteiger partial charge >= 0.3 is 11.9 Å². The zero-order valence-corrected chi connectivity index (χ0v) is 9.77. The predicted octanol–water partition coefficient (Wildman–Crippen LogP) is 1.68. The maximum absolute atomic E-state index is 10.7. The Morgan fingerprint density at radius 1 is 1.35 bits per heavy atom. The van der Waals surface area contributed by atoms with E-state index in [2.05, 4.69) is 0 Å². The smallest absolute Gasteiger partial charge is 0.318 e. The van der Waals surface area contributed by atoms with Crippen molar-refractivity contribution in [3.8, 4) is 5.75 Å². The van der Waals surface area contributed by atoms with Gasteiger partial charge in [-0.1, -0.05) is 17.7 Å². The van der Waals surface area contributed by atoms with Gasteiger partial charge in [0.05, 0.1) is 12.1 Å². The van der Waals surface area contributed by atoms with Gasteiger partial charge in [-0.05, 0) is 24.1 Å². The molecule has 0 atom stereocenters. The molecule has 0 unspecified atom stereocenters. The fraction of sp³-hybridized carbons (Fsp3) is 0.273. The van der Waals surface area contributed by atoms with E-state index in [1.54, 1.807) is 12.1 Å². The van der Waals surface area contributed by atoms with Crippen molar-refractivity contribution in [1.29, 1.82) is 0 Å². The van der Waals surface area contributed by atoms with Crippen molar-refractivity contribution in [2.75, 3.05) is 7.11 Å². The second kappa shape index (κ2) is 5.54. The number of methoxy groups -OCH3 is 1. The number of carbonyl (C=O) groups is 2. The van der Waals surface area contributed by atoms with E-state index in [0.717, 1.165) is 0 Å². The number of rotatable bonds is 5. The molecule has 1 rings (SSSR count). The third-order valence-electron chi connectivity index (χ3n) is 2.25. The molecule has 0 aliphatic rings. The van der Waals surface area contributed by atoms with Gasteiger partial charge in [0.15, 0.2) is 5.92 Å². The van der Waals surface area contributed by atoms with Gasteiger partial charge in [0.1, 0.15) is 5.75 Å². The molecule has 1 aromatic carbocycles. The van der Waals surface area contributed by atoms with Crippen LogP contribution < -0.4 is 4.74 Å². The minimum atomic E-state index is -1.47. The Hall–Kier alpha value is -1.75. The first-order valence-corrected chi connectivity index (χ1v) is 5.11. The molecule has 5 nitrogen and oxygen atoms in total. The zero-order chi connectivity index (χ0) is 13.0. The molecule has 1 aromatic rings. The van der Waals surface area contributed by atoms with E-state index < -0.39 is 17.9 Å². The number of halogens is 1. The third-order valence-corrected chi connectivity index (χ3v) is 2.55. The van der Waals surface area contributed by atoms with Crippen molar-refractivity contribution in [1.82, 2.24) is 0 Å². The summed E-state index contributed by atoms with van der Waals surface area (Å²) in [4.78, 5) is 21.4. The van der Waals surface area contributed by atoms with Crippen LogP contribution in [0.1, 0.15) is 5.56 Å². The fourth-order valence-corrected chi connectivity index (χ4v) is 1.63. The molecule has 0 fully saturated rings. The summed E-state index contributed by atoms with van der Waals surface area (Å²) >= 11 is 5.85. The second-order valence-electron chi connectivity index (χ2n) is 3.40. The summed E-state index contributed by atoms with van der Waals surface area (Å²) in [7, 11) is 1.46. The number of hydrogen-bond acceptors (Lipinski definition) is 3. The van der Waals surface area contributed by atoms with Crippen LogP contribution in [0.15, 0.2) is 18.2 Å². The Kier molecular flexibility index (Phi) is 4.34. The topological polar surface area (TPSA) is 83.8 Å². The first-order valence-electron chi connectivity index (χ1n) is 4.73. The van der Waals surface area contributed by atoms with Gasteiger partial charge < -0.3 is 14.9 Å². The molecule has 0 heterocycles. The molecule has 92 valence electrons. The number of carboxylic acids is 2. The molecule has 2 N–H and O–H groups in total. The lowest BCUT2D eigenvalue weighted by atomic mass is 9.99. The van der Waals surface area contributed by atoms with E-state index in [4.69, 9.17) is 26.6 Å². The second-order valence-corrected chi connectivity index (χ2v) is 3.81. The highest BCUT2D eigenvalue weighted by Crippen LogP contribution is 2.26. The molecular weight excluding hydrogens is 248 g/mol. The summed E-state index contributed by atoms with van der Waals surface area (Å²) in [5, 5.41) is 17.8. The quantitative estimate of drug-likeness (QED) is 0.785. The highest BCUT2D eigenvalue weighted by Gasteiger charge is 2.26. The minimum Gasteiger partial charge on any atom is -0.495 e. The van der Waals surface area contributed by atoms with Crippen molar-refractivity contribution >= 4 is 23.5 Å². The normalized spacial score (nSPS) is 10.3. The van der Waals surface area contributed by atoms with E-state index >= 15 is 0 Å². The average molecular weight is 259 g/mol. The minimum absolute atomic E-state index is 0.117. The largest absolute Gasteiger partial charge is 0.495 e. The Balaban J connectivity index is 2.91. The van der Waals surface area contributed by atoms with Crippen LogP contribution in [0.2, 0.25) is 5.02 Å². The Morgan fingerprint density at radius 2 is 1.94 bits per heavy atom. The van der Waals surface area contributed by atoms with Crippen LogP contribution in [-0.2, 0) is 16.0 Å². The molecule has 0 aromatic heterocycles. The van der Waals surface area contributed by atoms with E-state index in [1.165, 1.54) is 13.2 Å². The fourth-order valence-electron chi connectivity index (χ4n) is 1.35. The number of hydrogen-bond donors (Lipinski definition) is 2. The van der Waals surface area contributed by atoms with Crippen LogP contribution in [0.5, 0.6) is 5.75 Å². The summed E-state index contributed by atoms with van der Waals surface area (Å²) in [6.07, 6.45) is -0.117. The van der Waals surface area contributed by atoms with Crippen LogP contribution >= 0.6 is 11.6 Å². The van der Waals surface area contributed by atoms with Crippen LogP contribution in [0.3, 0.4) is 0 Å². The van der Waals surface area contributed by atoms with Crippen LogP contribution in [0, 0.1) is 5.92 Å². The van der Waals surface area contributed by atoms with Gasteiger partial charge in [-0.2, -0.15) is 0 Å². The lowest BCUT2D eigenvalue weighted by Crippen LogP contribution is -2.25. The molecule has 17 heavy (non-hydrogen) atoms. The van der Waals surface area contributed by atoms with Crippen molar-refractivity contribution in [2.45, 2.75) is 6.42 Å². The molecule has 0 saturated heterocycles. The third kappa shape index (κ3) is 3.35. The van der Waals surface area contributed by atoms with Crippen molar-refractivity contribution in [3.63, 3.8) is 0 Å². The van der Waals surface area contributed by atoms with Gasteiger partial charge in [0, 0.05) is 0 Å². The van der Waals surface area contributed by atoms with Gasteiger partial charge in [-0.15, -0.1) is 0 Å². The summed E-state index contributed by atoms with van der Waals surface area (Å²) < 4.78 is 4.94. The number of carboxylic acid groups (broad SMARTS) is 2. The highest BCUT2D eigenvalue weighted by molar-refractivity contribution is 6.32. The van der Waals surface area contributed by atoms with Gasteiger partial charge in [-0.3, -0.25) is 9.59 Å². The highest BCUT2D eigenvalue weighted by atomic mass is 35.5. The van der Waals surface area contributed by atoms with Gasteiger partial charge in [0.2, 0.25) is 0 Å². The molecule has 6 heteroatoms. The van der Waals surface area contributed by atoms with E-state index in [9.17, 15) is 9.59 Å². The molecule has 0 bridgehead atoms. The van der Waals surface area contributed by atoms with Crippen LogP contribution in [-0.4, -0.2) is 29.3 Å². The summed E-state index contributed by atoms with van der Waals surface area (Å²) in [6, 6.07) is 4.65. The first-order chi connectivity index (χ1) is 7.95. The summed E-state index contributed by atoms with van der Waals surface area (Å²) in [6.45, 7) is 0. The molecule has 0 radical (unpaired) electrons. The summed E-state index contributed by atoms with van der Waals surface area (Å²) in [5.41, 5.74) is 0.533. The van der Waals surface area contributed by atoms with Crippen molar-refractivity contribution in [2.24, 2.45) is 5.92 Å². The van der Waals surface area contributed by atoms with E-state index in [0.29, 0.717) is 16.3 Å². The maximum Gasteiger partial charge on any atom is 0.318 e. The molecule has 0 spiro atoms. The molecule has 0 saturated carbocycles.